The first-order chi connectivity index (χ1) is 32.0. The van der Waals surface area contributed by atoms with Crippen molar-refractivity contribution in [2.75, 3.05) is 0 Å². The molecule has 0 fully saturated rings. The Morgan fingerprint density at radius 1 is 0.246 bits per heavy atom. The summed E-state index contributed by atoms with van der Waals surface area (Å²) in [5.74, 6) is 0. The van der Waals surface area contributed by atoms with Gasteiger partial charge in [0.25, 0.3) is 0 Å². The van der Waals surface area contributed by atoms with E-state index in [2.05, 4.69) is 232 Å². The summed E-state index contributed by atoms with van der Waals surface area (Å²) in [5.41, 5.74) is 12.8. The van der Waals surface area contributed by atoms with Crippen molar-refractivity contribution >= 4 is 86.2 Å². The molecule has 0 atom stereocenters. The van der Waals surface area contributed by atoms with Crippen molar-refractivity contribution in [2.45, 2.75) is 19.3 Å². The molecule has 0 heterocycles. The normalized spacial score (nSPS) is 13.2. The van der Waals surface area contributed by atoms with Crippen LogP contribution in [0, 0.1) is 0 Å². The third kappa shape index (κ3) is 5.20. The van der Waals surface area contributed by atoms with Crippen molar-refractivity contribution in [1.29, 1.82) is 0 Å². The first-order valence-electron chi connectivity index (χ1n) is 22.9. The minimum Gasteiger partial charge on any atom is -0.0616 e. The van der Waals surface area contributed by atoms with E-state index >= 15 is 0 Å². The molecule has 0 saturated carbocycles. The van der Waals surface area contributed by atoms with Crippen LogP contribution in [0.3, 0.4) is 0 Å². The molecule has 65 heavy (non-hydrogen) atoms. The molecule has 0 N–H and O–H groups in total. The Labute approximate surface area is 377 Å². The van der Waals surface area contributed by atoms with Crippen molar-refractivity contribution < 1.29 is 0 Å². The molecule has 0 radical (unpaired) electrons. The van der Waals surface area contributed by atoms with Crippen molar-refractivity contribution in [2.24, 2.45) is 0 Å². The van der Waals surface area contributed by atoms with Gasteiger partial charge in [-0.05, 0) is 166 Å². The topological polar surface area (TPSA) is 0 Å². The predicted molar refractivity (Wildman–Crippen MR) is 280 cm³/mol. The molecule has 0 saturated heterocycles. The number of benzene rings is 13. The standard InChI is InChI=1S/C65H42/c1-65(2)62-38-60-53-34-32-44(35-57(53)50-19-7-8-20-51(50)59(60)37-61(62)63-54-21-11-9-16-47(54)48-17-10-12-22-55(48)64(63)65)41-25-23-39(24-26-41)40-27-29-43(30-28-40)56-36-58-45-14-4-3-13-42(45)31-33-52(58)46-15-5-6-18-49(46)56/h3-38H,1-2H3. The molecule has 13 aromatic rings. The largest absolute Gasteiger partial charge is 0.0616 e. The highest BCUT2D eigenvalue weighted by molar-refractivity contribution is 6.28. The number of fused-ring (bicyclic) bond motifs is 19. The van der Waals surface area contributed by atoms with Gasteiger partial charge in [-0.1, -0.05) is 208 Å². The van der Waals surface area contributed by atoms with Crippen molar-refractivity contribution in [1.82, 2.24) is 0 Å². The van der Waals surface area contributed by atoms with E-state index in [1.807, 2.05) is 0 Å². The minimum atomic E-state index is -0.164. The number of rotatable bonds is 3. The fourth-order valence-electron chi connectivity index (χ4n) is 11.9. The highest BCUT2D eigenvalue weighted by Gasteiger charge is 2.39. The Kier molecular flexibility index (Phi) is 7.55. The van der Waals surface area contributed by atoms with Gasteiger partial charge < -0.3 is 0 Å². The molecule has 13 aromatic carbocycles. The third-order valence-corrected chi connectivity index (χ3v) is 15.0. The van der Waals surface area contributed by atoms with Gasteiger partial charge in [-0.2, -0.15) is 0 Å². The lowest BCUT2D eigenvalue weighted by atomic mass is 9.78. The second kappa shape index (κ2) is 13.5. The van der Waals surface area contributed by atoms with Crippen LogP contribution in [-0.2, 0) is 5.41 Å². The van der Waals surface area contributed by atoms with E-state index in [0.29, 0.717) is 0 Å². The van der Waals surface area contributed by atoms with Crippen LogP contribution in [0.25, 0.3) is 131 Å². The van der Waals surface area contributed by atoms with Gasteiger partial charge in [0.1, 0.15) is 0 Å². The van der Waals surface area contributed by atoms with E-state index < -0.39 is 0 Å². The molecular formula is C65H42. The Balaban J connectivity index is 0.856. The minimum absolute atomic E-state index is 0.164. The molecule has 302 valence electrons. The van der Waals surface area contributed by atoms with E-state index in [1.54, 1.807) is 0 Å². The summed E-state index contributed by atoms with van der Waals surface area (Å²) in [7, 11) is 0. The van der Waals surface area contributed by atoms with E-state index in [-0.39, 0.29) is 5.41 Å². The Morgan fingerprint density at radius 2 is 0.631 bits per heavy atom. The highest BCUT2D eigenvalue weighted by Crippen LogP contribution is 2.56. The molecule has 0 bridgehead atoms. The van der Waals surface area contributed by atoms with E-state index in [0.717, 1.165) is 0 Å². The molecular weight excluding hydrogens is 781 g/mol. The molecule has 0 amide bonds. The summed E-state index contributed by atoms with van der Waals surface area (Å²) < 4.78 is 0. The number of hydrogen-bond donors (Lipinski definition) is 0. The van der Waals surface area contributed by atoms with Crippen molar-refractivity contribution in [3.05, 3.63) is 230 Å². The van der Waals surface area contributed by atoms with Crippen LogP contribution in [0.2, 0.25) is 0 Å². The van der Waals surface area contributed by atoms with Gasteiger partial charge in [0, 0.05) is 5.41 Å². The first-order valence-corrected chi connectivity index (χ1v) is 22.9. The monoisotopic (exact) mass is 822 g/mol. The summed E-state index contributed by atoms with van der Waals surface area (Å²) in [6.45, 7) is 4.86. The summed E-state index contributed by atoms with van der Waals surface area (Å²) in [5, 5.41) is 20.9. The zero-order chi connectivity index (χ0) is 43.0. The Morgan fingerprint density at radius 3 is 1.29 bits per heavy atom. The smallest absolute Gasteiger partial charge is 0.0165 e. The van der Waals surface area contributed by atoms with Crippen LogP contribution in [0.1, 0.15) is 25.0 Å². The lowest BCUT2D eigenvalue weighted by molar-refractivity contribution is 0.667. The van der Waals surface area contributed by atoms with Crippen LogP contribution < -0.4 is 0 Å². The lowest BCUT2D eigenvalue weighted by Gasteiger charge is -2.24. The molecule has 0 aliphatic heterocycles. The lowest BCUT2D eigenvalue weighted by Crippen LogP contribution is -2.15. The molecule has 0 nitrogen and oxygen atoms in total. The average Bonchev–Trinajstić information content (AvgIpc) is 3.61. The van der Waals surface area contributed by atoms with Crippen molar-refractivity contribution in [3.63, 3.8) is 0 Å². The van der Waals surface area contributed by atoms with Gasteiger partial charge in [-0.25, -0.2) is 0 Å². The maximum Gasteiger partial charge on any atom is 0.0165 e. The summed E-state index contributed by atoms with van der Waals surface area (Å²) in [6.07, 6.45) is 0. The van der Waals surface area contributed by atoms with Gasteiger partial charge in [0.2, 0.25) is 0 Å². The maximum atomic E-state index is 2.53. The number of hydrogen-bond acceptors (Lipinski definition) is 0. The van der Waals surface area contributed by atoms with Gasteiger partial charge in [0.05, 0.1) is 0 Å². The quantitative estimate of drug-likeness (QED) is 0.156. The van der Waals surface area contributed by atoms with Crippen molar-refractivity contribution in [3.8, 4) is 44.5 Å². The SMILES string of the molecule is CC1(C)c2cc3c4ccc(-c5ccc(-c6ccc(-c7cc8c9ccccc9ccc8c8ccccc78)cc6)cc5)cc4c4ccccc4c3cc2-c2c1c1ccccc1c1ccccc21. The van der Waals surface area contributed by atoms with Crippen LogP contribution in [0.4, 0.5) is 0 Å². The molecule has 0 heteroatoms. The fourth-order valence-corrected chi connectivity index (χ4v) is 11.9. The molecule has 1 aliphatic carbocycles. The Hall–Kier alpha value is -8.06. The summed E-state index contributed by atoms with van der Waals surface area (Å²) in [6, 6.07) is 82.0. The third-order valence-electron chi connectivity index (χ3n) is 15.0. The van der Waals surface area contributed by atoms with E-state index in [1.165, 1.54) is 142 Å². The van der Waals surface area contributed by atoms with E-state index in [4.69, 9.17) is 0 Å². The second-order valence-corrected chi connectivity index (χ2v) is 18.7. The van der Waals surface area contributed by atoms with Gasteiger partial charge in [-0.15, -0.1) is 0 Å². The van der Waals surface area contributed by atoms with Gasteiger partial charge in [-0.3, -0.25) is 0 Å². The highest BCUT2D eigenvalue weighted by atomic mass is 14.4. The fraction of sp³-hybridized carbons (Fsp3) is 0.0462. The molecule has 0 aromatic heterocycles. The molecule has 1 aliphatic rings. The Bertz CT molecular complexity index is 4170. The molecule has 0 unspecified atom stereocenters. The zero-order valence-electron chi connectivity index (χ0n) is 36.3. The summed E-state index contributed by atoms with van der Waals surface area (Å²) in [4.78, 5) is 0. The predicted octanol–water partition coefficient (Wildman–Crippen LogP) is 18.2. The molecule has 14 rings (SSSR count). The second-order valence-electron chi connectivity index (χ2n) is 18.7. The van der Waals surface area contributed by atoms with E-state index in [9.17, 15) is 0 Å². The van der Waals surface area contributed by atoms with Gasteiger partial charge in [0.15, 0.2) is 0 Å². The zero-order valence-corrected chi connectivity index (χ0v) is 36.3. The van der Waals surface area contributed by atoms with Crippen LogP contribution >= 0.6 is 0 Å². The maximum absolute atomic E-state index is 2.53. The average molecular weight is 823 g/mol. The summed E-state index contributed by atoms with van der Waals surface area (Å²) >= 11 is 0. The first kappa shape index (κ1) is 36.4. The molecule has 0 spiro atoms. The van der Waals surface area contributed by atoms with Crippen LogP contribution in [0.15, 0.2) is 218 Å². The van der Waals surface area contributed by atoms with Gasteiger partial charge >= 0.3 is 0 Å². The van der Waals surface area contributed by atoms with Crippen LogP contribution in [-0.4, -0.2) is 0 Å². The van der Waals surface area contributed by atoms with Crippen LogP contribution in [0.5, 0.6) is 0 Å².